The molecule has 0 fully saturated rings. The monoisotopic (exact) mass is 450 g/mol. The lowest BCUT2D eigenvalue weighted by atomic mass is 9.92. The Labute approximate surface area is 180 Å². The van der Waals surface area contributed by atoms with Crippen molar-refractivity contribution < 1.29 is 17.6 Å². The third kappa shape index (κ3) is 3.69. The summed E-state index contributed by atoms with van der Waals surface area (Å²) >= 11 is 6.58. The van der Waals surface area contributed by atoms with Crippen molar-refractivity contribution in [2.75, 3.05) is 0 Å². The molecule has 0 aliphatic rings. The number of nitrogens with zero attached hydrogens (tertiary/aromatic N) is 3. The Morgan fingerprint density at radius 1 is 1.06 bits per heavy atom. The second kappa shape index (κ2) is 7.09. The molecular weight excluding hydrogens is 432 g/mol. The smallest absolute Gasteiger partial charge is 0.337 e. The lowest BCUT2D eigenvalue weighted by Gasteiger charge is -2.15. The molecule has 0 saturated carbocycles. The van der Waals surface area contributed by atoms with E-state index in [0.717, 1.165) is 18.2 Å². The normalized spacial score (nSPS) is 12.7. The Bertz CT molecular complexity index is 1300. The van der Waals surface area contributed by atoms with Crippen LogP contribution in [0.4, 0.5) is 17.6 Å². The zero-order chi connectivity index (χ0) is 22.7. The first-order valence-corrected chi connectivity index (χ1v) is 9.85. The Morgan fingerprint density at radius 2 is 1.77 bits per heavy atom. The number of imidazole rings is 1. The van der Waals surface area contributed by atoms with Gasteiger partial charge in [-0.2, -0.15) is 18.3 Å². The highest BCUT2D eigenvalue weighted by atomic mass is 35.5. The van der Waals surface area contributed by atoms with Gasteiger partial charge >= 0.3 is 6.18 Å². The minimum Gasteiger partial charge on any atom is -0.337 e. The topological polar surface area (TPSA) is 46.5 Å². The maximum atomic E-state index is 14.4. The van der Waals surface area contributed by atoms with Crippen molar-refractivity contribution in [1.82, 2.24) is 19.7 Å². The average molecular weight is 451 g/mol. The summed E-state index contributed by atoms with van der Waals surface area (Å²) < 4.78 is 56.3. The van der Waals surface area contributed by atoms with E-state index in [1.807, 2.05) is 20.8 Å². The molecule has 31 heavy (non-hydrogen) atoms. The van der Waals surface area contributed by atoms with Gasteiger partial charge in [0.25, 0.3) is 0 Å². The lowest BCUT2D eigenvalue weighted by Crippen LogP contribution is -2.12. The Balaban J connectivity index is 1.87. The molecule has 0 spiro atoms. The average Bonchev–Trinajstić information content (AvgIpc) is 3.19. The van der Waals surface area contributed by atoms with Crippen molar-refractivity contribution in [3.05, 3.63) is 58.5 Å². The van der Waals surface area contributed by atoms with E-state index in [4.69, 9.17) is 11.6 Å². The van der Waals surface area contributed by atoms with Crippen molar-refractivity contribution >= 4 is 22.6 Å². The van der Waals surface area contributed by atoms with Crippen LogP contribution in [-0.4, -0.2) is 19.7 Å². The number of hydrogen-bond acceptors (Lipinski definition) is 2. The quantitative estimate of drug-likeness (QED) is 0.344. The summed E-state index contributed by atoms with van der Waals surface area (Å²) in [4.78, 5) is 7.60. The summed E-state index contributed by atoms with van der Waals surface area (Å²) in [6.45, 7) is 5.97. The Morgan fingerprint density at radius 3 is 2.39 bits per heavy atom. The van der Waals surface area contributed by atoms with E-state index in [9.17, 15) is 17.6 Å². The van der Waals surface area contributed by atoms with Gasteiger partial charge in [0.2, 0.25) is 0 Å². The maximum Gasteiger partial charge on any atom is 0.417 e. The van der Waals surface area contributed by atoms with Gasteiger partial charge in [0.1, 0.15) is 11.5 Å². The molecule has 1 N–H and O–H groups in total. The number of aromatic amines is 1. The second-order valence-electron chi connectivity index (χ2n) is 8.36. The molecule has 0 unspecified atom stereocenters. The van der Waals surface area contributed by atoms with Crippen LogP contribution >= 0.6 is 11.6 Å². The molecular formula is C22H19ClF4N4. The predicted molar refractivity (Wildman–Crippen MR) is 112 cm³/mol. The van der Waals surface area contributed by atoms with Crippen LogP contribution in [0.1, 0.15) is 32.0 Å². The molecule has 0 aliphatic carbocycles. The summed E-state index contributed by atoms with van der Waals surface area (Å²) in [6.07, 6.45) is -4.68. The van der Waals surface area contributed by atoms with Crippen molar-refractivity contribution in [3.8, 4) is 22.6 Å². The standard InChI is InChI=1S/C22H19ClF4N4/c1-21(2,3)19-17(23)18(31(4)30-19)20-28-14-9-8-11(10-15(14)29-20)16-12(22(25,26)27)6-5-7-13(16)24/h5-10H,1-4H3,(H,28,29). The third-order valence-corrected chi connectivity index (χ3v) is 5.37. The highest BCUT2D eigenvalue weighted by Crippen LogP contribution is 2.40. The van der Waals surface area contributed by atoms with Gasteiger partial charge in [-0.15, -0.1) is 0 Å². The van der Waals surface area contributed by atoms with Gasteiger partial charge in [-0.3, -0.25) is 4.68 Å². The van der Waals surface area contributed by atoms with Gasteiger partial charge < -0.3 is 4.98 Å². The van der Waals surface area contributed by atoms with Gasteiger partial charge in [-0.25, -0.2) is 9.37 Å². The zero-order valence-corrected chi connectivity index (χ0v) is 18.0. The molecule has 2 heterocycles. The van der Waals surface area contributed by atoms with Crippen LogP contribution < -0.4 is 0 Å². The summed E-state index contributed by atoms with van der Waals surface area (Å²) in [7, 11) is 1.74. The largest absolute Gasteiger partial charge is 0.417 e. The molecule has 2 aromatic carbocycles. The number of rotatable bonds is 2. The molecule has 9 heteroatoms. The van der Waals surface area contributed by atoms with E-state index in [1.54, 1.807) is 17.8 Å². The fourth-order valence-corrected chi connectivity index (χ4v) is 4.10. The number of nitrogens with one attached hydrogen (secondary N) is 1. The van der Waals surface area contributed by atoms with Crippen molar-refractivity contribution in [1.29, 1.82) is 0 Å². The molecule has 0 aliphatic heterocycles. The Hall–Kier alpha value is -2.87. The van der Waals surface area contributed by atoms with Gasteiger partial charge in [0.05, 0.1) is 27.3 Å². The number of alkyl halides is 3. The second-order valence-corrected chi connectivity index (χ2v) is 8.74. The molecule has 0 bridgehead atoms. The number of aryl methyl sites for hydroxylation is 1. The number of aromatic nitrogens is 4. The zero-order valence-electron chi connectivity index (χ0n) is 17.2. The van der Waals surface area contributed by atoms with Crippen LogP contribution in [0.5, 0.6) is 0 Å². The number of halogens is 5. The molecule has 0 atom stereocenters. The molecule has 0 saturated heterocycles. The molecule has 2 aromatic heterocycles. The molecule has 4 nitrogen and oxygen atoms in total. The first-order valence-electron chi connectivity index (χ1n) is 9.47. The fraction of sp³-hybridized carbons (Fsp3) is 0.273. The maximum absolute atomic E-state index is 14.4. The molecule has 162 valence electrons. The SMILES string of the molecule is Cn1nc(C(C)(C)C)c(Cl)c1-c1nc2ccc(-c3c(F)cccc3C(F)(F)F)cc2[nH]1. The van der Waals surface area contributed by atoms with Crippen LogP contribution in [0, 0.1) is 5.82 Å². The molecule has 0 amide bonds. The molecule has 0 radical (unpaired) electrons. The van der Waals surface area contributed by atoms with Crippen LogP contribution in [0.15, 0.2) is 36.4 Å². The first-order chi connectivity index (χ1) is 14.4. The van der Waals surface area contributed by atoms with E-state index >= 15 is 0 Å². The lowest BCUT2D eigenvalue weighted by molar-refractivity contribution is -0.137. The number of benzene rings is 2. The van der Waals surface area contributed by atoms with Crippen molar-refractivity contribution in [2.24, 2.45) is 7.05 Å². The van der Waals surface area contributed by atoms with Gasteiger partial charge in [-0.05, 0) is 29.8 Å². The van der Waals surface area contributed by atoms with Crippen LogP contribution in [0.25, 0.3) is 33.7 Å². The summed E-state index contributed by atoms with van der Waals surface area (Å²) in [5, 5.41) is 4.94. The van der Waals surface area contributed by atoms with Crippen molar-refractivity contribution in [3.63, 3.8) is 0 Å². The van der Waals surface area contributed by atoms with E-state index in [-0.39, 0.29) is 11.0 Å². The summed E-state index contributed by atoms with van der Waals surface area (Å²) in [6, 6.07) is 7.35. The van der Waals surface area contributed by atoms with Crippen molar-refractivity contribution in [2.45, 2.75) is 32.4 Å². The van der Waals surface area contributed by atoms with Gasteiger partial charge in [0, 0.05) is 18.0 Å². The van der Waals surface area contributed by atoms with Gasteiger partial charge in [0.15, 0.2) is 5.82 Å². The minimum atomic E-state index is -4.68. The van der Waals surface area contributed by atoms with E-state index in [0.29, 0.717) is 33.3 Å². The fourth-order valence-electron chi connectivity index (χ4n) is 3.57. The van der Waals surface area contributed by atoms with Crippen LogP contribution in [-0.2, 0) is 18.6 Å². The summed E-state index contributed by atoms with van der Waals surface area (Å²) in [5.74, 6) is -0.523. The Kier molecular flexibility index (Phi) is 4.88. The highest BCUT2D eigenvalue weighted by molar-refractivity contribution is 6.33. The van der Waals surface area contributed by atoms with Gasteiger partial charge in [-0.1, -0.05) is 44.5 Å². The number of H-pyrrole nitrogens is 1. The number of fused-ring (bicyclic) bond motifs is 1. The predicted octanol–water partition coefficient (Wildman–Crippen LogP) is 6.74. The number of hydrogen-bond donors (Lipinski definition) is 1. The van der Waals surface area contributed by atoms with Crippen LogP contribution in [0.2, 0.25) is 5.02 Å². The highest BCUT2D eigenvalue weighted by Gasteiger charge is 2.35. The van der Waals surface area contributed by atoms with E-state index < -0.39 is 23.1 Å². The van der Waals surface area contributed by atoms with E-state index in [2.05, 4.69) is 15.1 Å². The van der Waals surface area contributed by atoms with Crippen LogP contribution in [0.3, 0.4) is 0 Å². The van der Waals surface area contributed by atoms with E-state index in [1.165, 1.54) is 12.1 Å². The summed E-state index contributed by atoms with van der Waals surface area (Å²) in [5.41, 5.74) is 0.514. The molecule has 4 rings (SSSR count). The minimum absolute atomic E-state index is 0.0969. The first kappa shape index (κ1) is 21.4. The third-order valence-electron chi connectivity index (χ3n) is 5.01. The molecule has 4 aromatic rings.